The maximum Gasteiger partial charge on any atom is 0.252 e. The van der Waals surface area contributed by atoms with Crippen molar-refractivity contribution in [3.63, 3.8) is 0 Å². The summed E-state index contributed by atoms with van der Waals surface area (Å²) in [5.41, 5.74) is 1.89. The van der Waals surface area contributed by atoms with Gasteiger partial charge >= 0.3 is 0 Å². The van der Waals surface area contributed by atoms with Gasteiger partial charge in [-0.25, -0.2) is 0 Å². The third-order valence-electron chi connectivity index (χ3n) is 6.20. The first kappa shape index (κ1) is 23.1. The van der Waals surface area contributed by atoms with Gasteiger partial charge in [-0.3, -0.25) is 19.3 Å². The summed E-state index contributed by atoms with van der Waals surface area (Å²) in [6.07, 6.45) is 9.04. The minimum absolute atomic E-state index is 0.197. The van der Waals surface area contributed by atoms with Gasteiger partial charge in [0.2, 0.25) is 11.8 Å². The van der Waals surface area contributed by atoms with E-state index in [4.69, 9.17) is 29.1 Å². The van der Waals surface area contributed by atoms with Gasteiger partial charge in [-0.2, -0.15) is 5.26 Å². The molecule has 33 heavy (non-hydrogen) atoms. The van der Waals surface area contributed by atoms with Gasteiger partial charge in [0.05, 0.1) is 35.1 Å². The van der Waals surface area contributed by atoms with Crippen LogP contribution in [0.25, 0.3) is 0 Å². The predicted molar refractivity (Wildman–Crippen MR) is 128 cm³/mol. The Morgan fingerprint density at radius 1 is 1.30 bits per heavy atom. The van der Waals surface area contributed by atoms with Crippen LogP contribution in [0.5, 0.6) is 0 Å². The number of nitriles is 1. The molecule has 0 spiro atoms. The lowest BCUT2D eigenvalue weighted by atomic mass is 9.81. The van der Waals surface area contributed by atoms with Gasteiger partial charge in [-0.05, 0) is 43.0 Å². The zero-order valence-electron chi connectivity index (χ0n) is 17.8. The lowest BCUT2D eigenvalue weighted by Gasteiger charge is -2.27. The molecule has 1 aromatic rings. The Bertz CT molecular complexity index is 1160. The van der Waals surface area contributed by atoms with E-state index in [0.717, 1.165) is 5.56 Å². The molecule has 3 aliphatic rings. The van der Waals surface area contributed by atoms with Crippen LogP contribution in [0.4, 0.5) is 0 Å². The van der Waals surface area contributed by atoms with Crippen LogP contribution in [0, 0.1) is 23.2 Å². The van der Waals surface area contributed by atoms with Crippen LogP contribution >= 0.6 is 23.8 Å². The van der Waals surface area contributed by atoms with Crippen LogP contribution in [-0.2, 0) is 20.8 Å². The molecule has 2 aliphatic carbocycles. The number of nitrogens with one attached hydrogen (secondary N) is 1. The Hall–Kier alpha value is -3.08. The summed E-state index contributed by atoms with van der Waals surface area (Å²) < 4.78 is 0. The van der Waals surface area contributed by atoms with Crippen molar-refractivity contribution in [2.24, 2.45) is 11.8 Å². The molecule has 1 aliphatic heterocycles. The summed E-state index contributed by atoms with van der Waals surface area (Å²) in [5, 5.41) is 12.4. The van der Waals surface area contributed by atoms with E-state index in [1.165, 1.54) is 11.0 Å². The van der Waals surface area contributed by atoms with Crippen molar-refractivity contribution >= 4 is 46.4 Å². The highest BCUT2D eigenvalue weighted by molar-refractivity contribution is 7.81. The van der Waals surface area contributed by atoms with E-state index in [1.807, 2.05) is 24.3 Å². The highest BCUT2D eigenvalue weighted by Gasteiger charge is 2.51. The fourth-order valence-corrected chi connectivity index (χ4v) is 4.97. The summed E-state index contributed by atoms with van der Waals surface area (Å²) in [6.45, 7) is 0.303. The highest BCUT2D eigenvalue weighted by Crippen LogP contribution is 2.36. The van der Waals surface area contributed by atoms with E-state index >= 15 is 0 Å². The van der Waals surface area contributed by atoms with Crippen LogP contribution in [0.2, 0.25) is 0 Å². The van der Waals surface area contributed by atoms with Gasteiger partial charge in [0.1, 0.15) is 0 Å². The molecule has 6 nitrogen and oxygen atoms in total. The molecule has 0 bridgehead atoms. The number of allylic oxidation sites excluding steroid dienone is 4. The molecular formula is C25H22ClN3O3S. The van der Waals surface area contributed by atoms with Crippen LogP contribution in [0.15, 0.2) is 59.2 Å². The number of nitrogens with zero attached hydrogens (tertiary/aromatic N) is 2. The third kappa shape index (κ3) is 4.82. The van der Waals surface area contributed by atoms with Crippen molar-refractivity contribution in [2.75, 3.05) is 6.54 Å². The largest absolute Gasteiger partial charge is 0.345 e. The molecule has 1 N–H and O–H groups in total. The number of hydrogen-bond acceptors (Lipinski definition) is 5. The fourth-order valence-electron chi connectivity index (χ4n) is 4.55. The second kappa shape index (κ2) is 9.82. The van der Waals surface area contributed by atoms with Crippen LogP contribution in [-0.4, -0.2) is 40.1 Å². The average Bonchev–Trinajstić information content (AvgIpc) is 3.06. The number of fused-ring (bicyclic) bond motifs is 1. The van der Waals surface area contributed by atoms with Gasteiger partial charge in [-0.15, -0.1) is 0 Å². The van der Waals surface area contributed by atoms with Gasteiger partial charge in [-0.1, -0.05) is 54.2 Å². The van der Waals surface area contributed by atoms with Crippen molar-refractivity contribution in [1.82, 2.24) is 10.2 Å². The Morgan fingerprint density at radius 3 is 2.91 bits per heavy atom. The number of carbonyl (C=O) groups excluding carboxylic acids is 3. The number of amides is 3. The van der Waals surface area contributed by atoms with Gasteiger partial charge < -0.3 is 5.32 Å². The van der Waals surface area contributed by atoms with E-state index < -0.39 is 23.8 Å². The van der Waals surface area contributed by atoms with Crippen molar-refractivity contribution in [3.05, 3.63) is 70.3 Å². The number of rotatable bonds is 6. The Balaban J connectivity index is 1.42. The highest BCUT2D eigenvalue weighted by atomic mass is 35.5. The summed E-state index contributed by atoms with van der Waals surface area (Å²) in [7, 11) is 0. The molecule has 3 atom stereocenters. The maximum absolute atomic E-state index is 13.2. The second-order valence-electron chi connectivity index (χ2n) is 8.31. The maximum atomic E-state index is 13.2. The lowest BCUT2D eigenvalue weighted by molar-refractivity contribution is -0.140. The number of aryl methyl sites for hydroxylation is 1. The number of thiocarbonyl (C=S) groups is 1. The first-order chi connectivity index (χ1) is 15.9. The number of likely N-dealkylation sites (tertiary alicyclic amines) is 1. The average molecular weight is 480 g/mol. The molecule has 1 heterocycles. The van der Waals surface area contributed by atoms with Crippen molar-refractivity contribution < 1.29 is 14.4 Å². The first-order valence-corrected chi connectivity index (χ1v) is 11.6. The van der Waals surface area contributed by atoms with Gasteiger partial charge in [0.25, 0.3) is 5.91 Å². The predicted octanol–water partition coefficient (Wildman–Crippen LogP) is 3.36. The third-order valence-corrected chi connectivity index (χ3v) is 6.85. The number of carbonyl (C=O) groups is 3. The Labute approximate surface area is 202 Å². The molecule has 0 radical (unpaired) electrons. The monoisotopic (exact) mass is 479 g/mol. The van der Waals surface area contributed by atoms with Crippen LogP contribution in [0.1, 0.15) is 30.4 Å². The quantitative estimate of drug-likeness (QED) is 0.384. The standard InChI is InChI=1S/C25H22ClN3O3S/c26-17-9-10-21(33)19(13-17)23(30)28-20-8-2-7-18-22(20)25(32)29(24(18)31)11-3-6-15-4-1-5-16(12-15)14-27/h1-2,4-5,8-9,12-13,18,20,22H,3,6-7,10-11H2,(H,28,30). The van der Waals surface area contributed by atoms with Gasteiger partial charge in [0, 0.05) is 22.9 Å². The van der Waals surface area contributed by atoms with Crippen molar-refractivity contribution in [1.29, 1.82) is 5.26 Å². The first-order valence-electron chi connectivity index (χ1n) is 10.8. The van der Waals surface area contributed by atoms with Crippen molar-refractivity contribution in [3.8, 4) is 6.07 Å². The van der Waals surface area contributed by atoms with E-state index in [1.54, 1.807) is 18.2 Å². The molecule has 0 aromatic heterocycles. The number of imide groups is 1. The summed E-state index contributed by atoms with van der Waals surface area (Å²) in [5.74, 6) is -1.96. The molecule has 0 saturated carbocycles. The minimum atomic E-state index is -0.628. The van der Waals surface area contributed by atoms with Crippen molar-refractivity contribution in [2.45, 2.75) is 31.7 Å². The molecule has 168 valence electrons. The lowest BCUT2D eigenvalue weighted by Crippen LogP contribution is -2.46. The fraction of sp³-hybridized carbons (Fsp3) is 0.320. The Kier molecular flexibility index (Phi) is 6.87. The zero-order chi connectivity index (χ0) is 23.5. The second-order valence-corrected chi connectivity index (χ2v) is 9.24. The topological polar surface area (TPSA) is 90.3 Å². The Morgan fingerprint density at radius 2 is 2.12 bits per heavy atom. The molecular weight excluding hydrogens is 458 g/mol. The summed E-state index contributed by atoms with van der Waals surface area (Å²) in [6, 6.07) is 8.83. The molecule has 1 saturated heterocycles. The summed E-state index contributed by atoms with van der Waals surface area (Å²) >= 11 is 11.3. The molecule has 8 heteroatoms. The molecule has 1 aromatic carbocycles. The van der Waals surface area contributed by atoms with E-state index in [-0.39, 0.29) is 11.8 Å². The van der Waals surface area contributed by atoms with Crippen LogP contribution < -0.4 is 5.32 Å². The SMILES string of the molecule is N#Cc1cccc(CCCN2C(=O)C3CC=CC(NC(=O)C4=CC(Cl)=CCC4=S)C3C2=O)c1. The normalized spacial score (nSPS) is 24.2. The molecule has 1 fully saturated rings. The van der Waals surface area contributed by atoms with E-state index in [9.17, 15) is 14.4 Å². The number of halogens is 1. The number of hydrogen-bond donors (Lipinski definition) is 1. The van der Waals surface area contributed by atoms with E-state index in [0.29, 0.717) is 53.3 Å². The molecule has 4 rings (SSSR count). The van der Waals surface area contributed by atoms with Crippen LogP contribution in [0.3, 0.4) is 0 Å². The van der Waals surface area contributed by atoms with E-state index in [2.05, 4.69) is 11.4 Å². The molecule has 3 amide bonds. The molecule has 3 unspecified atom stereocenters. The summed E-state index contributed by atoms with van der Waals surface area (Å²) in [4.78, 5) is 40.8. The van der Waals surface area contributed by atoms with Gasteiger partial charge in [0.15, 0.2) is 0 Å². The smallest absolute Gasteiger partial charge is 0.252 e. The minimum Gasteiger partial charge on any atom is -0.345 e. The number of benzene rings is 1. The zero-order valence-corrected chi connectivity index (χ0v) is 19.4.